The molecule has 6 nitrogen and oxygen atoms in total. The highest BCUT2D eigenvalue weighted by Crippen LogP contribution is 2.31. The summed E-state index contributed by atoms with van der Waals surface area (Å²) in [4.78, 5) is 39.0. The molecular formula is C32H26F3N3O3S. The van der Waals surface area contributed by atoms with Crippen LogP contribution in [-0.4, -0.2) is 23.5 Å². The van der Waals surface area contributed by atoms with Gasteiger partial charge in [-0.2, -0.15) is 13.2 Å². The predicted molar refractivity (Wildman–Crippen MR) is 159 cm³/mol. The van der Waals surface area contributed by atoms with E-state index in [1.807, 2.05) is 31.2 Å². The highest BCUT2D eigenvalue weighted by molar-refractivity contribution is 8.00. The van der Waals surface area contributed by atoms with Gasteiger partial charge < -0.3 is 16.0 Å². The Morgan fingerprint density at radius 1 is 0.786 bits per heavy atom. The molecule has 0 atom stereocenters. The van der Waals surface area contributed by atoms with Crippen molar-refractivity contribution in [2.24, 2.45) is 0 Å². The Morgan fingerprint density at radius 2 is 1.48 bits per heavy atom. The summed E-state index contributed by atoms with van der Waals surface area (Å²) < 4.78 is 38.7. The SMILES string of the molecule is Cc1ccccc1/C=C(\NC(=O)c1ccccc1)C(=O)Nc1ccc(SCC(=O)Nc2cccc(C(F)(F)F)c2)cc1. The molecule has 0 saturated heterocycles. The number of alkyl halides is 3. The third-order valence-corrected chi connectivity index (χ3v) is 6.98. The first-order valence-electron chi connectivity index (χ1n) is 12.7. The Morgan fingerprint density at radius 3 is 2.17 bits per heavy atom. The van der Waals surface area contributed by atoms with Gasteiger partial charge in [-0.15, -0.1) is 11.8 Å². The van der Waals surface area contributed by atoms with Crippen molar-refractivity contribution >= 4 is 46.9 Å². The second-order valence-corrected chi connectivity index (χ2v) is 10.2. The number of nitrogens with one attached hydrogen (secondary N) is 3. The first-order chi connectivity index (χ1) is 20.1. The summed E-state index contributed by atoms with van der Waals surface area (Å²) in [5.41, 5.74) is 1.83. The zero-order valence-electron chi connectivity index (χ0n) is 22.4. The number of thioether (sulfide) groups is 1. The molecule has 0 aromatic heterocycles. The van der Waals surface area contributed by atoms with Gasteiger partial charge in [0.15, 0.2) is 0 Å². The van der Waals surface area contributed by atoms with Gasteiger partial charge in [-0.25, -0.2) is 0 Å². The van der Waals surface area contributed by atoms with Gasteiger partial charge in [-0.1, -0.05) is 48.5 Å². The Hall–Kier alpha value is -4.83. The molecule has 10 heteroatoms. The van der Waals surface area contributed by atoms with Crippen LogP contribution in [0.1, 0.15) is 27.0 Å². The molecule has 4 rings (SSSR count). The maximum absolute atomic E-state index is 13.2. The molecule has 3 N–H and O–H groups in total. The van der Waals surface area contributed by atoms with Crippen molar-refractivity contribution in [1.29, 1.82) is 0 Å². The van der Waals surface area contributed by atoms with E-state index in [1.54, 1.807) is 60.7 Å². The molecular weight excluding hydrogens is 563 g/mol. The Labute approximate surface area is 245 Å². The molecule has 4 aromatic carbocycles. The summed E-state index contributed by atoms with van der Waals surface area (Å²) in [6.07, 6.45) is -2.89. The van der Waals surface area contributed by atoms with E-state index in [9.17, 15) is 27.6 Å². The molecule has 0 saturated carbocycles. The monoisotopic (exact) mass is 589 g/mol. The quantitative estimate of drug-likeness (QED) is 0.143. The van der Waals surface area contributed by atoms with Gasteiger partial charge in [0.1, 0.15) is 5.70 Å². The number of carbonyl (C=O) groups is 3. The molecule has 0 aliphatic carbocycles. The third-order valence-electron chi connectivity index (χ3n) is 5.97. The maximum atomic E-state index is 13.2. The Bertz CT molecular complexity index is 1600. The standard InChI is InChI=1S/C32H26F3N3O3S/c1-21-8-5-6-11-23(21)18-28(38-30(40)22-9-3-2-4-10-22)31(41)37-25-14-16-27(17-15-25)42-20-29(39)36-26-13-7-12-24(19-26)32(33,34)35/h2-19H,20H2,1H3,(H,36,39)(H,37,41)(H,38,40)/b28-18-. The first kappa shape index (κ1) is 30.1. The summed E-state index contributed by atoms with van der Waals surface area (Å²) in [6, 6.07) is 27.1. The molecule has 0 unspecified atom stereocenters. The number of halogens is 3. The average molecular weight is 590 g/mol. The summed E-state index contributed by atoms with van der Waals surface area (Å²) in [5, 5.41) is 7.95. The summed E-state index contributed by atoms with van der Waals surface area (Å²) >= 11 is 1.19. The van der Waals surface area contributed by atoms with Crippen LogP contribution in [0.15, 0.2) is 114 Å². The zero-order chi connectivity index (χ0) is 30.1. The molecule has 4 aromatic rings. The van der Waals surface area contributed by atoms with Gasteiger partial charge in [0.25, 0.3) is 11.8 Å². The minimum absolute atomic E-state index is 0.0310. The Balaban J connectivity index is 1.39. The molecule has 42 heavy (non-hydrogen) atoms. The number of aryl methyl sites for hydroxylation is 1. The van der Waals surface area contributed by atoms with E-state index >= 15 is 0 Å². The number of amides is 3. The summed E-state index contributed by atoms with van der Waals surface area (Å²) in [6.45, 7) is 1.90. The first-order valence-corrected chi connectivity index (χ1v) is 13.7. The highest BCUT2D eigenvalue weighted by atomic mass is 32.2. The van der Waals surface area contributed by atoms with Crippen LogP contribution in [0.4, 0.5) is 24.5 Å². The van der Waals surface area contributed by atoms with Gasteiger partial charge in [0.05, 0.1) is 11.3 Å². The number of carbonyl (C=O) groups excluding carboxylic acids is 3. The second kappa shape index (κ2) is 13.7. The van der Waals surface area contributed by atoms with Crippen molar-refractivity contribution < 1.29 is 27.6 Å². The zero-order valence-corrected chi connectivity index (χ0v) is 23.2. The highest BCUT2D eigenvalue weighted by Gasteiger charge is 2.30. The van der Waals surface area contributed by atoms with E-state index in [0.29, 0.717) is 16.1 Å². The van der Waals surface area contributed by atoms with Crippen molar-refractivity contribution in [3.05, 3.63) is 131 Å². The minimum Gasteiger partial charge on any atom is -0.325 e. The largest absolute Gasteiger partial charge is 0.416 e. The topological polar surface area (TPSA) is 87.3 Å². The lowest BCUT2D eigenvalue weighted by atomic mass is 10.1. The number of hydrogen-bond acceptors (Lipinski definition) is 4. The predicted octanol–water partition coefficient (Wildman–Crippen LogP) is 7.15. The average Bonchev–Trinajstić information content (AvgIpc) is 2.97. The van der Waals surface area contributed by atoms with Crippen molar-refractivity contribution in [3.8, 4) is 0 Å². The fourth-order valence-electron chi connectivity index (χ4n) is 3.80. The van der Waals surface area contributed by atoms with Gasteiger partial charge in [0, 0.05) is 21.8 Å². The molecule has 0 aliphatic heterocycles. The van der Waals surface area contributed by atoms with Crippen molar-refractivity contribution in [3.63, 3.8) is 0 Å². The molecule has 0 aliphatic rings. The maximum Gasteiger partial charge on any atom is 0.416 e. The Kier molecular flexibility index (Phi) is 9.82. The van der Waals surface area contributed by atoms with Crippen LogP contribution < -0.4 is 16.0 Å². The lowest BCUT2D eigenvalue weighted by Gasteiger charge is -2.12. The van der Waals surface area contributed by atoms with E-state index in [1.165, 1.54) is 23.9 Å². The molecule has 0 fully saturated rings. The van der Waals surface area contributed by atoms with Crippen LogP contribution in [0.5, 0.6) is 0 Å². The number of benzene rings is 4. The fourth-order valence-corrected chi connectivity index (χ4v) is 4.50. The van der Waals surface area contributed by atoms with E-state index < -0.39 is 29.5 Å². The molecule has 0 spiro atoms. The lowest BCUT2D eigenvalue weighted by molar-refractivity contribution is -0.137. The van der Waals surface area contributed by atoms with Crippen LogP contribution in [0, 0.1) is 6.92 Å². The van der Waals surface area contributed by atoms with E-state index in [-0.39, 0.29) is 17.1 Å². The number of hydrogen-bond donors (Lipinski definition) is 3. The molecule has 0 radical (unpaired) electrons. The molecule has 214 valence electrons. The lowest BCUT2D eigenvalue weighted by Crippen LogP contribution is -2.30. The summed E-state index contributed by atoms with van der Waals surface area (Å²) in [7, 11) is 0. The van der Waals surface area contributed by atoms with Crippen molar-refractivity contribution in [2.45, 2.75) is 18.0 Å². The van der Waals surface area contributed by atoms with Gasteiger partial charge in [0.2, 0.25) is 5.91 Å². The normalized spacial score (nSPS) is 11.5. The summed E-state index contributed by atoms with van der Waals surface area (Å²) in [5.74, 6) is -1.45. The van der Waals surface area contributed by atoms with Crippen molar-refractivity contribution in [1.82, 2.24) is 5.32 Å². The van der Waals surface area contributed by atoms with Crippen LogP contribution in [0.3, 0.4) is 0 Å². The van der Waals surface area contributed by atoms with Crippen LogP contribution in [0.2, 0.25) is 0 Å². The van der Waals surface area contributed by atoms with Gasteiger partial charge >= 0.3 is 6.18 Å². The second-order valence-electron chi connectivity index (χ2n) is 9.13. The van der Waals surface area contributed by atoms with Crippen LogP contribution >= 0.6 is 11.8 Å². The fraction of sp³-hybridized carbons (Fsp3) is 0.0938. The van der Waals surface area contributed by atoms with Gasteiger partial charge in [-0.3, -0.25) is 14.4 Å². The third kappa shape index (κ3) is 8.58. The minimum atomic E-state index is -4.50. The van der Waals surface area contributed by atoms with E-state index in [2.05, 4.69) is 16.0 Å². The van der Waals surface area contributed by atoms with Crippen molar-refractivity contribution in [2.75, 3.05) is 16.4 Å². The molecule has 0 heterocycles. The molecule has 0 bridgehead atoms. The number of rotatable bonds is 9. The smallest absolute Gasteiger partial charge is 0.325 e. The van der Waals surface area contributed by atoms with Crippen LogP contribution in [-0.2, 0) is 15.8 Å². The van der Waals surface area contributed by atoms with E-state index in [4.69, 9.17) is 0 Å². The van der Waals surface area contributed by atoms with Gasteiger partial charge in [-0.05, 0) is 78.7 Å². The van der Waals surface area contributed by atoms with E-state index in [0.717, 1.165) is 23.3 Å². The molecule has 3 amide bonds. The number of anilines is 2. The van der Waals surface area contributed by atoms with Crippen LogP contribution in [0.25, 0.3) is 6.08 Å².